The van der Waals surface area contributed by atoms with E-state index in [4.69, 9.17) is 5.73 Å². The molecule has 1 atom stereocenters. The lowest BCUT2D eigenvalue weighted by Gasteiger charge is -2.16. The van der Waals surface area contributed by atoms with E-state index in [0.29, 0.717) is 11.8 Å². The van der Waals surface area contributed by atoms with Crippen molar-refractivity contribution >= 4 is 5.82 Å². The summed E-state index contributed by atoms with van der Waals surface area (Å²) < 4.78 is 0. The highest BCUT2D eigenvalue weighted by Gasteiger charge is 2.08. The third-order valence-corrected chi connectivity index (χ3v) is 2.65. The summed E-state index contributed by atoms with van der Waals surface area (Å²) in [7, 11) is 0. The molecule has 90 valence electrons. The molecule has 1 aromatic rings. The minimum absolute atomic E-state index is 0.150. The van der Waals surface area contributed by atoms with Crippen LogP contribution in [0.15, 0.2) is 12.4 Å². The monoisotopic (exact) mass is 222 g/mol. The molecule has 1 heterocycles. The quantitative estimate of drug-likeness (QED) is 0.799. The number of nitrogens with two attached hydrogens (primary N) is 1. The van der Waals surface area contributed by atoms with Crippen molar-refractivity contribution in [3.05, 3.63) is 18.1 Å². The molecule has 16 heavy (non-hydrogen) atoms. The molecule has 0 radical (unpaired) electrons. The summed E-state index contributed by atoms with van der Waals surface area (Å²) in [4.78, 5) is 8.39. The first kappa shape index (κ1) is 12.9. The van der Waals surface area contributed by atoms with Crippen LogP contribution in [0.5, 0.6) is 0 Å². The Hall–Kier alpha value is -1.16. The third kappa shape index (κ3) is 3.77. The minimum Gasteiger partial charge on any atom is -0.368 e. The molecule has 4 nitrogen and oxygen atoms in total. The maximum absolute atomic E-state index is 5.96. The molecule has 0 spiro atoms. The smallest absolute Gasteiger partial charge is 0.129 e. The van der Waals surface area contributed by atoms with Crippen LogP contribution in [0.4, 0.5) is 5.82 Å². The second-order valence-corrected chi connectivity index (χ2v) is 4.77. The molecule has 0 aliphatic heterocycles. The van der Waals surface area contributed by atoms with Crippen LogP contribution >= 0.6 is 0 Å². The van der Waals surface area contributed by atoms with Crippen LogP contribution in [0.25, 0.3) is 0 Å². The van der Waals surface area contributed by atoms with Gasteiger partial charge in [0.05, 0.1) is 0 Å². The van der Waals surface area contributed by atoms with E-state index in [2.05, 4.69) is 43.0 Å². The molecule has 1 unspecified atom stereocenters. The average molecular weight is 222 g/mol. The van der Waals surface area contributed by atoms with Gasteiger partial charge in [0.1, 0.15) is 12.1 Å². The molecule has 0 aliphatic carbocycles. The van der Waals surface area contributed by atoms with Crippen molar-refractivity contribution < 1.29 is 0 Å². The van der Waals surface area contributed by atoms with Crippen LogP contribution in [0.2, 0.25) is 0 Å². The van der Waals surface area contributed by atoms with Gasteiger partial charge in [0.2, 0.25) is 0 Å². The predicted molar refractivity (Wildman–Crippen MR) is 67.4 cm³/mol. The summed E-state index contributed by atoms with van der Waals surface area (Å²) in [6, 6.07) is 2.13. The fourth-order valence-corrected chi connectivity index (χ4v) is 1.24. The van der Waals surface area contributed by atoms with E-state index in [9.17, 15) is 0 Å². The molecule has 1 rings (SSSR count). The average Bonchev–Trinajstić information content (AvgIpc) is 2.26. The van der Waals surface area contributed by atoms with Gasteiger partial charge in [-0.1, -0.05) is 27.7 Å². The van der Waals surface area contributed by atoms with Crippen LogP contribution in [0.3, 0.4) is 0 Å². The summed E-state index contributed by atoms with van der Waals surface area (Å²) >= 11 is 0. The van der Waals surface area contributed by atoms with Gasteiger partial charge in [-0.25, -0.2) is 9.97 Å². The van der Waals surface area contributed by atoms with Gasteiger partial charge in [-0.15, -0.1) is 0 Å². The molecule has 0 saturated carbocycles. The Bertz CT molecular complexity index is 323. The van der Waals surface area contributed by atoms with Gasteiger partial charge in [0.15, 0.2) is 0 Å². The first-order valence-corrected chi connectivity index (χ1v) is 5.82. The number of hydrogen-bond acceptors (Lipinski definition) is 4. The van der Waals surface area contributed by atoms with E-state index >= 15 is 0 Å². The molecule has 0 fully saturated rings. The fourth-order valence-electron chi connectivity index (χ4n) is 1.24. The highest BCUT2D eigenvalue weighted by molar-refractivity contribution is 5.35. The van der Waals surface area contributed by atoms with Crippen LogP contribution in [0, 0.1) is 5.92 Å². The second kappa shape index (κ2) is 5.80. The molecular formula is C12H22N4. The molecule has 1 aromatic heterocycles. The first-order chi connectivity index (χ1) is 7.50. The Kier molecular flexibility index (Phi) is 4.68. The third-order valence-electron chi connectivity index (χ3n) is 2.65. The van der Waals surface area contributed by atoms with Crippen molar-refractivity contribution in [2.75, 3.05) is 11.9 Å². The molecule has 0 aromatic carbocycles. The molecule has 4 heteroatoms. The lowest BCUT2D eigenvalue weighted by atomic mass is 10.1. The number of anilines is 1. The van der Waals surface area contributed by atoms with Crippen LogP contribution in [0.1, 0.15) is 39.3 Å². The molecule has 3 N–H and O–H groups in total. The van der Waals surface area contributed by atoms with Crippen molar-refractivity contribution in [3.63, 3.8) is 0 Å². The summed E-state index contributed by atoms with van der Waals surface area (Å²) in [5, 5.41) is 3.24. The van der Waals surface area contributed by atoms with Gasteiger partial charge in [-0.05, 0) is 11.8 Å². The van der Waals surface area contributed by atoms with E-state index < -0.39 is 0 Å². The summed E-state index contributed by atoms with van der Waals surface area (Å²) in [6.07, 6.45) is 1.60. The molecular weight excluding hydrogens is 200 g/mol. The fraction of sp³-hybridized carbons (Fsp3) is 0.667. The summed E-state index contributed by atoms with van der Waals surface area (Å²) in [5.41, 5.74) is 7.01. The Labute approximate surface area is 97.7 Å². The number of nitrogens with zero attached hydrogens (tertiary/aromatic N) is 2. The van der Waals surface area contributed by atoms with Gasteiger partial charge in [-0.3, -0.25) is 0 Å². The highest BCUT2D eigenvalue weighted by atomic mass is 15.0. The van der Waals surface area contributed by atoms with Crippen molar-refractivity contribution in [1.82, 2.24) is 9.97 Å². The van der Waals surface area contributed by atoms with Crippen LogP contribution in [-0.4, -0.2) is 22.6 Å². The number of hydrogen-bond donors (Lipinski definition) is 2. The number of nitrogens with one attached hydrogen (secondary N) is 1. The predicted octanol–water partition coefficient (Wildman–Crippen LogP) is 2.00. The lowest BCUT2D eigenvalue weighted by Crippen LogP contribution is -2.34. The molecule has 0 aliphatic rings. The maximum Gasteiger partial charge on any atom is 0.129 e. The Morgan fingerprint density at radius 1 is 1.25 bits per heavy atom. The van der Waals surface area contributed by atoms with Gasteiger partial charge in [0, 0.05) is 24.3 Å². The van der Waals surface area contributed by atoms with Crippen molar-refractivity contribution in [2.24, 2.45) is 11.7 Å². The Morgan fingerprint density at radius 3 is 2.50 bits per heavy atom. The second-order valence-electron chi connectivity index (χ2n) is 4.77. The van der Waals surface area contributed by atoms with Gasteiger partial charge >= 0.3 is 0 Å². The molecule has 0 amide bonds. The van der Waals surface area contributed by atoms with E-state index in [1.807, 2.05) is 6.07 Å². The minimum atomic E-state index is 0.150. The van der Waals surface area contributed by atoms with Crippen LogP contribution < -0.4 is 11.1 Å². The first-order valence-electron chi connectivity index (χ1n) is 5.82. The summed E-state index contributed by atoms with van der Waals surface area (Å²) in [5.74, 6) is 1.75. The SMILES string of the molecule is CC(C)c1cc(NCC(N)C(C)C)ncn1. The topological polar surface area (TPSA) is 63.8 Å². The van der Waals surface area contributed by atoms with E-state index in [1.54, 1.807) is 6.33 Å². The Balaban J connectivity index is 2.57. The zero-order valence-electron chi connectivity index (χ0n) is 10.6. The van der Waals surface area contributed by atoms with Gasteiger partial charge in [-0.2, -0.15) is 0 Å². The normalized spacial score (nSPS) is 13.2. The van der Waals surface area contributed by atoms with E-state index in [1.165, 1.54) is 0 Å². The lowest BCUT2D eigenvalue weighted by molar-refractivity contribution is 0.511. The largest absolute Gasteiger partial charge is 0.368 e. The molecule has 0 bridgehead atoms. The zero-order chi connectivity index (χ0) is 12.1. The van der Waals surface area contributed by atoms with Crippen molar-refractivity contribution in [1.29, 1.82) is 0 Å². The van der Waals surface area contributed by atoms with E-state index in [0.717, 1.165) is 18.1 Å². The van der Waals surface area contributed by atoms with E-state index in [-0.39, 0.29) is 6.04 Å². The molecule has 0 saturated heterocycles. The Morgan fingerprint density at radius 2 is 1.94 bits per heavy atom. The number of rotatable bonds is 5. The van der Waals surface area contributed by atoms with Gasteiger partial charge < -0.3 is 11.1 Å². The van der Waals surface area contributed by atoms with Gasteiger partial charge in [0.25, 0.3) is 0 Å². The van der Waals surface area contributed by atoms with Crippen molar-refractivity contribution in [3.8, 4) is 0 Å². The van der Waals surface area contributed by atoms with Crippen LogP contribution in [-0.2, 0) is 0 Å². The van der Waals surface area contributed by atoms with Crippen molar-refractivity contribution in [2.45, 2.75) is 39.7 Å². The standard InChI is InChI=1S/C12H22N4/c1-8(2)10(13)6-14-12-5-11(9(3)4)15-7-16-12/h5,7-10H,6,13H2,1-4H3,(H,14,15,16). The highest BCUT2D eigenvalue weighted by Crippen LogP contribution is 2.13. The number of aromatic nitrogens is 2. The summed E-state index contributed by atoms with van der Waals surface area (Å²) in [6.45, 7) is 9.21. The maximum atomic E-state index is 5.96. The zero-order valence-corrected chi connectivity index (χ0v) is 10.6.